The molecule has 1 N–H and O–H groups in total. The van der Waals surface area contributed by atoms with Gasteiger partial charge in [0.25, 0.3) is 5.91 Å². The van der Waals surface area contributed by atoms with Crippen LogP contribution in [0.3, 0.4) is 0 Å². The fourth-order valence-corrected chi connectivity index (χ4v) is 2.91. The number of amides is 1. The molecular formula is C19H14FN3O2S. The summed E-state index contributed by atoms with van der Waals surface area (Å²) in [6.45, 7) is 1.61. The summed E-state index contributed by atoms with van der Waals surface area (Å²) in [5, 5.41) is 13.8. The number of nitriles is 1. The predicted molar refractivity (Wildman–Crippen MR) is 97.4 cm³/mol. The number of aromatic nitrogens is 1. The molecule has 0 saturated carbocycles. The normalized spacial score (nSPS) is 11.4. The molecule has 0 aliphatic rings. The second kappa shape index (κ2) is 7.76. The van der Waals surface area contributed by atoms with Crippen molar-refractivity contribution in [1.29, 1.82) is 5.26 Å². The van der Waals surface area contributed by atoms with E-state index in [0.717, 1.165) is 5.56 Å². The number of nitrogens with one attached hydrogen (secondary N) is 1. The van der Waals surface area contributed by atoms with Gasteiger partial charge in [0, 0.05) is 10.9 Å². The molecule has 3 rings (SSSR count). The Bertz CT molecular complexity index is 963. The summed E-state index contributed by atoms with van der Waals surface area (Å²) in [5.41, 5.74) is 1.88. The molecule has 0 aliphatic heterocycles. The lowest BCUT2D eigenvalue weighted by Gasteiger charge is -2.13. The monoisotopic (exact) mass is 367 g/mol. The molecule has 26 heavy (non-hydrogen) atoms. The molecule has 1 atom stereocenters. The van der Waals surface area contributed by atoms with Gasteiger partial charge in [0.05, 0.1) is 17.3 Å². The van der Waals surface area contributed by atoms with Crippen LogP contribution >= 0.6 is 11.3 Å². The molecule has 0 spiro atoms. The van der Waals surface area contributed by atoms with Crippen LogP contribution in [0.2, 0.25) is 0 Å². The summed E-state index contributed by atoms with van der Waals surface area (Å²) < 4.78 is 18.6. The van der Waals surface area contributed by atoms with E-state index in [0.29, 0.717) is 22.1 Å². The molecule has 1 amide bonds. The van der Waals surface area contributed by atoms with Crippen LogP contribution in [0.25, 0.3) is 11.3 Å². The van der Waals surface area contributed by atoms with Crippen molar-refractivity contribution < 1.29 is 13.9 Å². The van der Waals surface area contributed by atoms with E-state index in [2.05, 4.69) is 10.3 Å². The lowest BCUT2D eigenvalue weighted by molar-refractivity contribution is -0.122. The van der Waals surface area contributed by atoms with Gasteiger partial charge in [-0.1, -0.05) is 6.07 Å². The first kappa shape index (κ1) is 17.6. The van der Waals surface area contributed by atoms with Crippen molar-refractivity contribution in [2.24, 2.45) is 0 Å². The van der Waals surface area contributed by atoms with E-state index in [-0.39, 0.29) is 11.7 Å². The Balaban J connectivity index is 1.64. The summed E-state index contributed by atoms with van der Waals surface area (Å²) >= 11 is 1.27. The number of benzene rings is 2. The molecule has 2 aromatic carbocycles. The molecule has 7 heteroatoms. The first-order valence-electron chi connectivity index (χ1n) is 7.74. The van der Waals surface area contributed by atoms with Gasteiger partial charge in [0.2, 0.25) is 0 Å². The third-order valence-electron chi connectivity index (χ3n) is 3.52. The Morgan fingerprint density at radius 1 is 1.31 bits per heavy atom. The summed E-state index contributed by atoms with van der Waals surface area (Å²) in [5.74, 6) is -0.228. The van der Waals surface area contributed by atoms with Crippen molar-refractivity contribution in [3.8, 4) is 23.1 Å². The van der Waals surface area contributed by atoms with Crippen molar-refractivity contribution in [1.82, 2.24) is 4.98 Å². The zero-order valence-electron chi connectivity index (χ0n) is 13.8. The molecule has 0 bridgehead atoms. The van der Waals surface area contributed by atoms with Gasteiger partial charge in [-0.05, 0) is 49.4 Å². The van der Waals surface area contributed by atoms with Crippen LogP contribution in [0.4, 0.5) is 9.52 Å². The Morgan fingerprint density at radius 3 is 2.81 bits per heavy atom. The number of anilines is 1. The van der Waals surface area contributed by atoms with Gasteiger partial charge in [0.15, 0.2) is 11.2 Å². The van der Waals surface area contributed by atoms with E-state index in [1.54, 1.807) is 48.7 Å². The number of ether oxygens (including phenoxy) is 1. The van der Waals surface area contributed by atoms with Crippen LogP contribution in [0.15, 0.2) is 53.9 Å². The molecule has 1 aromatic heterocycles. The van der Waals surface area contributed by atoms with Crippen LogP contribution in [-0.4, -0.2) is 17.0 Å². The molecular weight excluding hydrogens is 353 g/mol. The van der Waals surface area contributed by atoms with Crippen molar-refractivity contribution >= 4 is 22.4 Å². The highest BCUT2D eigenvalue weighted by Crippen LogP contribution is 2.25. The highest BCUT2D eigenvalue weighted by atomic mass is 32.1. The van der Waals surface area contributed by atoms with E-state index in [4.69, 9.17) is 10.00 Å². The molecule has 1 heterocycles. The fourth-order valence-electron chi connectivity index (χ4n) is 2.19. The number of halogens is 1. The van der Waals surface area contributed by atoms with Crippen molar-refractivity contribution in [3.63, 3.8) is 0 Å². The van der Waals surface area contributed by atoms with Crippen LogP contribution < -0.4 is 10.1 Å². The quantitative estimate of drug-likeness (QED) is 0.732. The summed E-state index contributed by atoms with van der Waals surface area (Å²) in [7, 11) is 0. The second-order valence-corrected chi connectivity index (χ2v) is 6.29. The standard InChI is InChI=1S/C19H14FN3O2S/c1-12(25-16-4-2-3-13(9-16)10-21)18(24)23-19-22-17(11-26-19)14-5-7-15(20)8-6-14/h2-9,11-12H,1H3,(H,22,23,24). The van der Waals surface area contributed by atoms with Crippen LogP contribution in [0.5, 0.6) is 5.75 Å². The van der Waals surface area contributed by atoms with Crippen molar-refractivity contribution in [2.45, 2.75) is 13.0 Å². The largest absolute Gasteiger partial charge is 0.481 e. The second-order valence-electron chi connectivity index (χ2n) is 5.43. The minimum absolute atomic E-state index is 0.316. The average molecular weight is 367 g/mol. The van der Waals surface area contributed by atoms with Gasteiger partial charge in [-0.2, -0.15) is 5.26 Å². The lowest BCUT2D eigenvalue weighted by atomic mass is 10.2. The van der Waals surface area contributed by atoms with E-state index in [9.17, 15) is 9.18 Å². The first-order valence-corrected chi connectivity index (χ1v) is 8.62. The Kier molecular flexibility index (Phi) is 5.25. The molecule has 0 saturated heterocycles. The Labute approximate surface area is 153 Å². The van der Waals surface area contributed by atoms with Gasteiger partial charge in [-0.3, -0.25) is 10.1 Å². The van der Waals surface area contributed by atoms with E-state index in [1.807, 2.05) is 6.07 Å². The average Bonchev–Trinajstić information content (AvgIpc) is 3.11. The smallest absolute Gasteiger partial charge is 0.266 e. The molecule has 0 radical (unpaired) electrons. The van der Waals surface area contributed by atoms with Crippen LogP contribution in [-0.2, 0) is 4.79 Å². The topological polar surface area (TPSA) is 75.0 Å². The number of hydrogen-bond donors (Lipinski definition) is 1. The maximum atomic E-state index is 13.0. The van der Waals surface area contributed by atoms with Gasteiger partial charge in [0.1, 0.15) is 11.6 Å². The van der Waals surface area contributed by atoms with Gasteiger partial charge in [-0.15, -0.1) is 11.3 Å². The molecule has 3 aromatic rings. The number of carbonyl (C=O) groups excluding carboxylic acids is 1. The summed E-state index contributed by atoms with van der Waals surface area (Å²) in [4.78, 5) is 16.6. The number of thiazole rings is 1. The SMILES string of the molecule is CC(Oc1cccc(C#N)c1)C(=O)Nc1nc(-c2ccc(F)cc2)cs1. The van der Waals surface area contributed by atoms with Crippen LogP contribution in [0, 0.1) is 17.1 Å². The minimum atomic E-state index is -0.762. The highest BCUT2D eigenvalue weighted by Gasteiger charge is 2.17. The molecule has 5 nitrogen and oxygen atoms in total. The number of hydrogen-bond acceptors (Lipinski definition) is 5. The predicted octanol–water partition coefficient (Wildman–Crippen LogP) is 4.23. The highest BCUT2D eigenvalue weighted by molar-refractivity contribution is 7.14. The van der Waals surface area contributed by atoms with Crippen LogP contribution in [0.1, 0.15) is 12.5 Å². The lowest BCUT2D eigenvalue weighted by Crippen LogP contribution is -2.30. The Morgan fingerprint density at radius 2 is 2.08 bits per heavy atom. The number of carbonyl (C=O) groups is 1. The molecule has 130 valence electrons. The molecule has 0 aliphatic carbocycles. The zero-order chi connectivity index (χ0) is 18.5. The molecule has 0 fully saturated rings. The number of rotatable bonds is 5. The summed E-state index contributed by atoms with van der Waals surface area (Å²) in [6.07, 6.45) is -0.762. The third-order valence-corrected chi connectivity index (χ3v) is 4.28. The van der Waals surface area contributed by atoms with E-state index < -0.39 is 6.10 Å². The molecule has 1 unspecified atom stereocenters. The Hall–Kier alpha value is -3.24. The first-order chi connectivity index (χ1) is 12.5. The zero-order valence-corrected chi connectivity index (χ0v) is 14.6. The van der Waals surface area contributed by atoms with E-state index in [1.165, 1.54) is 23.5 Å². The van der Waals surface area contributed by atoms with Gasteiger partial charge < -0.3 is 4.74 Å². The van der Waals surface area contributed by atoms with Gasteiger partial charge in [-0.25, -0.2) is 9.37 Å². The van der Waals surface area contributed by atoms with Crippen molar-refractivity contribution in [2.75, 3.05) is 5.32 Å². The number of nitrogens with zero attached hydrogens (tertiary/aromatic N) is 2. The summed E-state index contributed by atoms with van der Waals surface area (Å²) in [6, 6.07) is 14.6. The van der Waals surface area contributed by atoms with Crippen molar-refractivity contribution in [3.05, 3.63) is 65.3 Å². The third kappa shape index (κ3) is 4.23. The van der Waals surface area contributed by atoms with E-state index >= 15 is 0 Å². The maximum absolute atomic E-state index is 13.0. The fraction of sp³-hybridized carbons (Fsp3) is 0.105. The maximum Gasteiger partial charge on any atom is 0.266 e. The minimum Gasteiger partial charge on any atom is -0.481 e. The van der Waals surface area contributed by atoms with Gasteiger partial charge >= 0.3 is 0 Å².